The van der Waals surface area contributed by atoms with Crippen molar-refractivity contribution in [3.63, 3.8) is 0 Å². The highest BCUT2D eigenvalue weighted by molar-refractivity contribution is 5.89. The summed E-state index contributed by atoms with van der Waals surface area (Å²) in [5.41, 5.74) is 3.19. The quantitative estimate of drug-likeness (QED) is 0.558. The van der Waals surface area contributed by atoms with Crippen molar-refractivity contribution in [3.8, 4) is 17.2 Å². The van der Waals surface area contributed by atoms with Crippen LogP contribution in [0.25, 0.3) is 0 Å². The second-order valence-electron chi connectivity index (χ2n) is 9.18. The summed E-state index contributed by atoms with van der Waals surface area (Å²) in [7, 11) is 1.37. The first-order chi connectivity index (χ1) is 16.8. The van der Waals surface area contributed by atoms with Crippen molar-refractivity contribution >= 4 is 11.7 Å². The third-order valence-electron chi connectivity index (χ3n) is 6.40. The van der Waals surface area contributed by atoms with E-state index in [9.17, 15) is 9.90 Å². The molecule has 0 aliphatic carbocycles. The van der Waals surface area contributed by atoms with Crippen molar-refractivity contribution in [1.29, 1.82) is 0 Å². The SMILES string of the molecule is COC(=O)c1ccc(C(c2cc3c(cc2O)OC(C)(C)O3)N2CCN(c3c#cccc3)CC2)cc1. The lowest BCUT2D eigenvalue weighted by Crippen LogP contribution is -2.48. The summed E-state index contributed by atoms with van der Waals surface area (Å²) >= 11 is 0. The Labute approximate surface area is 205 Å². The van der Waals surface area contributed by atoms with Crippen LogP contribution in [0.4, 0.5) is 5.69 Å². The molecule has 2 aliphatic rings. The first kappa shape index (κ1) is 22.9. The molecule has 0 saturated carbocycles. The molecular weight excluding hydrogens is 444 g/mol. The van der Waals surface area contributed by atoms with Crippen LogP contribution in [0.2, 0.25) is 0 Å². The average molecular weight is 473 g/mol. The Hall–Kier alpha value is -3.89. The van der Waals surface area contributed by atoms with Crippen LogP contribution in [0, 0.1) is 12.1 Å². The molecule has 3 aromatic rings. The van der Waals surface area contributed by atoms with Crippen molar-refractivity contribution in [2.45, 2.75) is 25.7 Å². The van der Waals surface area contributed by atoms with E-state index in [1.54, 1.807) is 18.2 Å². The molecule has 1 fully saturated rings. The summed E-state index contributed by atoms with van der Waals surface area (Å²) in [4.78, 5) is 16.6. The number of phenols is 1. The highest BCUT2D eigenvalue weighted by Crippen LogP contribution is 2.46. The van der Waals surface area contributed by atoms with Crippen LogP contribution in [-0.2, 0) is 4.74 Å². The lowest BCUT2D eigenvalue weighted by atomic mass is 9.94. The minimum absolute atomic E-state index is 0.139. The van der Waals surface area contributed by atoms with Crippen LogP contribution >= 0.6 is 0 Å². The molecule has 1 saturated heterocycles. The van der Waals surface area contributed by atoms with E-state index < -0.39 is 5.79 Å². The van der Waals surface area contributed by atoms with Gasteiger partial charge in [0.25, 0.3) is 0 Å². The van der Waals surface area contributed by atoms with Crippen molar-refractivity contribution < 1.29 is 24.1 Å². The number of phenolic OH excluding ortho intramolecular Hbond substituents is 1. The number of fused-ring (bicyclic) bond motifs is 1. The van der Waals surface area contributed by atoms with Gasteiger partial charge in [0.2, 0.25) is 5.79 Å². The Kier molecular flexibility index (Phi) is 5.91. The maximum absolute atomic E-state index is 12.0. The smallest absolute Gasteiger partial charge is 0.337 e. The minimum atomic E-state index is -0.792. The van der Waals surface area contributed by atoms with Gasteiger partial charge in [0.1, 0.15) is 5.75 Å². The topological polar surface area (TPSA) is 71.5 Å². The average Bonchev–Trinajstić information content (AvgIpc) is 3.17. The molecule has 0 radical (unpaired) electrons. The largest absolute Gasteiger partial charge is 0.507 e. The molecular formula is C28H28N2O5. The molecule has 3 aromatic carbocycles. The molecule has 0 bridgehead atoms. The Bertz CT molecular complexity index is 1200. The van der Waals surface area contributed by atoms with E-state index >= 15 is 0 Å². The zero-order valence-electron chi connectivity index (χ0n) is 20.1. The van der Waals surface area contributed by atoms with Crippen molar-refractivity contribution in [1.82, 2.24) is 4.90 Å². The van der Waals surface area contributed by atoms with Crippen LogP contribution in [0.3, 0.4) is 0 Å². The van der Waals surface area contributed by atoms with Crippen LogP contribution in [0.1, 0.15) is 41.4 Å². The van der Waals surface area contributed by atoms with Gasteiger partial charge in [0, 0.05) is 51.7 Å². The van der Waals surface area contributed by atoms with E-state index in [-0.39, 0.29) is 17.8 Å². The number of anilines is 1. The second-order valence-corrected chi connectivity index (χ2v) is 9.18. The molecule has 2 aliphatic heterocycles. The molecule has 7 nitrogen and oxygen atoms in total. The molecule has 7 heteroatoms. The lowest BCUT2D eigenvalue weighted by molar-refractivity contribution is -0.0432. The van der Waals surface area contributed by atoms with Gasteiger partial charge in [-0.1, -0.05) is 24.3 Å². The normalized spacial score (nSPS) is 17.5. The molecule has 2 heterocycles. The fraction of sp³-hybridized carbons (Fsp3) is 0.321. The first-order valence-corrected chi connectivity index (χ1v) is 11.7. The van der Waals surface area contributed by atoms with Gasteiger partial charge in [-0.05, 0) is 42.0 Å². The number of esters is 1. The van der Waals surface area contributed by atoms with Crippen LogP contribution in [0.5, 0.6) is 17.2 Å². The maximum atomic E-state index is 12.0. The van der Waals surface area contributed by atoms with Gasteiger partial charge in [-0.25, -0.2) is 4.79 Å². The highest BCUT2D eigenvalue weighted by atomic mass is 16.7. The number of nitrogens with zero attached hydrogens (tertiary/aromatic N) is 2. The Morgan fingerprint density at radius 3 is 2.37 bits per heavy atom. The molecule has 35 heavy (non-hydrogen) atoms. The minimum Gasteiger partial charge on any atom is -0.507 e. The van der Waals surface area contributed by atoms with E-state index in [1.807, 2.05) is 50.2 Å². The van der Waals surface area contributed by atoms with E-state index in [4.69, 9.17) is 14.2 Å². The standard InChI is InChI=1S/C28H28N2O5/c1-28(2)34-24-17-22(23(31)18-25(24)35-28)26(19-9-11-20(12-10-19)27(32)33-3)30-15-13-29(14-16-30)21-7-5-4-6-8-21/h4-5,7,9-12,17-18,26,31H,13-16H2,1-3H3. The number of rotatable bonds is 5. The van der Waals surface area contributed by atoms with Gasteiger partial charge < -0.3 is 24.2 Å². The Morgan fingerprint density at radius 2 is 1.74 bits per heavy atom. The van der Waals surface area contributed by atoms with Crippen LogP contribution in [0.15, 0.2) is 54.6 Å². The van der Waals surface area contributed by atoms with Gasteiger partial charge in [0.05, 0.1) is 24.4 Å². The Morgan fingerprint density at radius 1 is 1.06 bits per heavy atom. The Balaban J connectivity index is 1.48. The summed E-state index contributed by atoms with van der Waals surface area (Å²) in [5, 5.41) is 11.1. The summed E-state index contributed by atoms with van der Waals surface area (Å²) in [6.07, 6.45) is 0. The second kappa shape index (κ2) is 9.05. The fourth-order valence-electron chi connectivity index (χ4n) is 4.75. The maximum Gasteiger partial charge on any atom is 0.337 e. The van der Waals surface area contributed by atoms with Crippen LogP contribution in [-0.4, -0.2) is 55.1 Å². The van der Waals surface area contributed by atoms with E-state index in [0.717, 1.165) is 43.0 Å². The molecule has 1 unspecified atom stereocenters. The zero-order valence-corrected chi connectivity index (χ0v) is 20.1. The first-order valence-electron chi connectivity index (χ1n) is 11.7. The molecule has 180 valence electrons. The molecule has 1 atom stereocenters. The lowest BCUT2D eigenvalue weighted by Gasteiger charge is -2.40. The number of ether oxygens (including phenoxy) is 3. The number of carbonyl (C=O) groups excluding carboxylic acids is 1. The summed E-state index contributed by atoms with van der Waals surface area (Å²) in [6.45, 7) is 6.83. The number of aromatic hydroxyl groups is 1. The molecule has 1 N–H and O–H groups in total. The third-order valence-corrected chi connectivity index (χ3v) is 6.40. The van der Waals surface area contributed by atoms with E-state index in [0.29, 0.717) is 17.1 Å². The number of hydrogen-bond donors (Lipinski definition) is 1. The van der Waals surface area contributed by atoms with Gasteiger partial charge in [-0.15, -0.1) is 0 Å². The predicted octanol–water partition coefficient (Wildman–Crippen LogP) is 4.20. The number of benzene rings is 2. The van der Waals surface area contributed by atoms with Gasteiger partial charge in [-0.3, -0.25) is 4.90 Å². The number of carbonyl (C=O) groups is 1. The molecule has 5 rings (SSSR count). The third kappa shape index (κ3) is 4.58. The summed E-state index contributed by atoms with van der Waals surface area (Å²) < 4.78 is 16.6. The van der Waals surface area contributed by atoms with Crippen molar-refractivity contribution in [2.75, 3.05) is 38.2 Å². The monoisotopic (exact) mass is 472 g/mol. The van der Waals surface area contributed by atoms with Crippen LogP contribution < -0.4 is 14.4 Å². The zero-order chi connectivity index (χ0) is 24.6. The highest BCUT2D eigenvalue weighted by Gasteiger charge is 2.35. The van der Waals surface area contributed by atoms with Crippen molar-refractivity contribution in [3.05, 3.63) is 83.4 Å². The fourth-order valence-corrected chi connectivity index (χ4v) is 4.75. The predicted molar refractivity (Wildman–Crippen MR) is 131 cm³/mol. The van der Waals surface area contributed by atoms with Gasteiger partial charge in [-0.2, -0.15) is 0 Å². The van der Waals surface area contributed by atoms with Crippen molar-refractivity contribution in [2.24, 2.45) is 0 Å². The summed E-state index contributed by atoms with van der Waals surface area (Å²) in [5.74, 6) is 0.0925. The molecule has 0 aromatic heterocycles. The molecule has 0 amide bonds. The van der Waals surface area contributed by atoms with Gasteiger partial charge >= 0.3 is 5.97 Å². The number of hydrogen-bond acceptors (Lipinski definition) is 7. The van der Waals surface area contributed by atoms with Gasteiger partial charge in [0.15, 0.2) is 11.5 Å². The molecule has 0 spiro atoms. The summed E-state index contributed by atoms with van der Waals surface area (Å²) in [6, 6.07) is 22.6. The van der Waals surface area contributed by atoms with E-state index in [2.05, 4.69) is 21.9 Å². The number of methoxy groups -OCH3 is 1. The van der Waals surface area contributed by atoms with E-state index in [1.165, 1.54) is 7.11 Å². The number of piperazine rings is 1.